The third-order valence-corrected chi connectivity index (χ3v) is 4.18. The van der Waals surface area contributed by atoms with E-state index in [0.717, 1.165) is 12.8 Å². The van der Waals surface area contributed by atoms with E-state index in [1.807, 2.05) is 6.92 Å². The second kappa shape index (κ2) is 10.4. The topological polar surface area (TPSA) is 84.9 Å². The number of carbonyl (C=O) groups is 3. The van der Waals surface area contributed by atoms with Crippen molar-refractivity contribution < 1.29 is 23.9 Å². The number of ether oxygens (including phenoxy) is 2. The molecule has 1 aliphatic heterocycles. The fraction of sp³-hybridized carbons (Fsp3) is 0.450. The van der Waals surface area contributed by atoms with Gasteiger partial charge in [-0.15, -0.1) is 0 Å². The molecule has 1 heterocycles. The van der Waals surface area contributed by atoms with Gasteiger partial charge < -0.3 is 19.7 Å². The van der Waals surface area contributed by atoms with Crippen molar-refractivity contribution in [3.8, 4) is 5.75 Å². The summed E-state index contributed by atoms with van der Waals surface area (Å²) in [5, 5.41) is 2.70. The zero-order valence-corrected chi connectivity index (χ0v) is 15.6. The predicted octanol–water partition coefficient (Wildman–Crippen LogP) is 1.93. The first-order valence-corrected chi connectivity index (χ1v) is 9.15. The Morgan fingerprint density at radius 2 is 2.07 bits per heavy atom. The number of amides is 2. The second-order valence-corrected chi connectivity index (χ2v) is 6.21. The average Bonchev–Trinajstić information content (AvgIpc) is 2.68. The molecule has 0 spiro atoms. The van der Waals surface area contributed by atoms with E-state index in [-0.39, 0.29) is 18.2 Å². The van der Waals surface area contributed by atoms with Crippen LogP contribution in [-0.2, 0) is 14.3 Å². The number of nitrogens with zero attached hydrogens (tertiary/aromatic N) is 1. The van der Waals surface area contributed by atoms with Crippen LogP contribution < -0.4 is 10.1 Å². The van der Waals surface area contributed by atoms with Crippen LogP contribution >= 0.6 is 0 Å². The summed E-state index contributed by atoms with van der Waals surface area (Å²) in [6.45, 7) is 6.97. The minimum absolute atomic E-state index is 0.151. The summed E-state index contributed by atoms with van der Waals surface area (Å²) in [6.07, 6.45) is 3.16. The minimum atomic E-state index is -0.864. The third kappa shape index (κ3) is 5.84. The number of carbonyl (C=O) groups excluding carboxylic acids is 3. The van der Waals surface area contributed by atoms with Crippen LogP contribution in [0.2, 0.25) is 0 Å². The number of hydrogen-bond acceptors (Lipinski definition) is 5. The smallest absolute Gasteiger partial charge is 0.308 e. The molecular weight excluding hydrogens is 348 g/mol. The first-order chi connectivity index (χ1) is 13.1. The summed E-state index contributed by atoms with van der Waals surface area (Å²) in [5.74, 6) is -0.491. The van der Waals surface area contributed by atoms with Crippen molar-refractivity contribution in [2.24, 2.45) is 0 Å². The van der Waals surface area contributed by atoms with Gasteiger partial charge in [0.25, 0.3) is 5.91 Å². The molecule has 146 valence electrons. The van der Waals surface area contributed by atoms with Gasteiger partial charge in [0.1, 0.15) is 18.4 Å². The van der Waals surface area contributed by atoms with Gasteiger partial charge in [-0.1, -0.05) is 26.0 Å². The van der Waals surface area contributed by atoms with Gasteiger partial charge >= 0.3 is 5.97 Å². The van der Waals surface area contributed by atoms with E-state index >= 15 is 0 Å². The highest BCUT2D eigenvalue weighted by atomic mass is 16.5. The van der Waals surface area contributed by atoms with Gasteiger partial charge in [-0.2, -0.15) is 0 Å². The van der Waals surface area contributed by atoms with Crippen LogP contribution in [0.15, 0.2) is 36.9 Å². The van der Waals surface area contributed by atoms with E-state index in [1.165, 1.54) is 4.90 Å². The van der Waals surface area contributed by atoms with E-state index in [2.05, 4.69) is 11.9 Å². The Kier molecular flexibility index (Phi) is 7.85. The molecule has 1 unspecified atom stereocenters. The first-order valence-electron chi connectivity index (χ1n) is 9.15. The Hall–Kier alpha value is -2.83. The lowest BCUT2D eigenvalue weighted by Crippen LogP contribution is -2.57. The maximum Gasteiger partial charge on any atom is 0.308 e. The van der Waals surface area contributed by atoms with Crippen molar-refractivity contribution >= 4 is 17.8 Å². The average molecular weight is 374 g/mol. The van der Waals surface area contributed by atoms with Crippen LogP contribution in [0, 0.1) is 0 Å². The van der Waals surface area contributed by atoms with Crippen LogP contribution in [0.3, 0.4) is 0 Å². The van der Waals surface area contributed by atoms with Crippen molar-refractivity contribution in [3.05, 3.63) is 42.5 Å². The molecule has 0 saturated carbocycles. The summed E-state index contributed by atoms with van der Waals surface area (Å²) in [5.41, 5.74) is 0.431. The Morgan fingerprint density at radius 3 is 2.74 bits per heavy atom. The van der Waals surface area contributed by atoms with Gasteiger partial charge in [0.15, 0.2) is 0 Å². The third-order valence-electron chi connectivity index (χ3n) is 4.18. The van der Waals surface area contributed by atoms with Crippen molar-refractivity contribution in [2.75, 3.05) is 26.3 Å². The SMILES string of the molecule is C=CCOc1ccc(C(=O)N2CCNC(=O)C2CC(=O)OCCCC)cc1. The molecule has 7 heteroatoms. The van der Waals surface area contributed by atoms with Crippen molar-refractivity contribution in [2.45, 2.75) is 32.2 Å². The van der Waals surface area contributed by atoms with Crippen molar-refractivity contribution in [1.29, 1.82) is 0 Å². The minimum Gasteiger partial charge on any atom is -0.490 e. The van der Waals surface area contributed by atoms with Crippen LogP contribution in [0.4, 0.5) is 0 Å². The lowest BCUT2D eigenvalue weighted by molar-refractivity contribution is -0.147. The molecule has 2 rings (SSSR count). The maximum absolute atomic E-state index is 12.9. The van der Waals surface area contributed by atoms with Gasteiger partial charge in [0, 0.05) is 18.7 Å². The Balaban J connectivity index is 2.05. The van der Waals surface area contributed by atoms with E-state index in [1.54, 1.807) is 30.3 Å². The summed E-state index contributed by atoms with van der Waals surface area (Å²) < 4.78 is 10.5. The molecule has 1 saturated heterocycles. The van der Waals surface area contributed by atoms with Crippen molar-refractivity contribution in [1.82, 2.24) is 10.2 Å². The fourth-order valence-corrected chi connectivity index (χ4v) is 2.72. The molecular formula is C20H26N2O5. The summed E-state index contributed by atoms with van der Waals surface area (Å²) >= 11 is 0. The van der Waals surface area contributed by atoms with E-state index in [4.69, 9.17) is 9.47 Å². The molecule has 1 atom stereocenters. The number of piperazine rings is 1. The molecule has 1 aromatic carbocycles. The van der Waals surface area contributed by atoms with Crippen LogP contribution in [0.25, 0.3) is 0 Å². The van der Waals surface area contributed by atoms with Gasteiger partial charge in [-0.3, -0.25) is 14.4 Å². The number of benzene rings is 1. The first kappa shape index (κ1) is 20.5. The molecule has 2 amide bonds. The molecule has 0 bridgehead atoms. The maximum atomic E-state index is 12.9. The van der Waals surface area contributed by atoms with E-state index in [9.17, 15) is 14.4 Å². The molecule has 1 N–H and O–H groups in total. The largest absolute Gasteiger partial charge is 0.490 e. The zero-order valence-electron chi connectivity index (χ0n) is 15.6. The lowest BCUT2D eigenvalue weighted by Gasteiger charge is -2.34. The highest BCUT2D eigenvalue weighted by molar-refractivity contribution is 5.99. The highest BCUT2D eigenvalue weighted by Crippen LogP contribution is 2.18. The quantitative estimate of drug-likeness (QED) is 0.406. The summed E-state index contributed by atoms with van der Waals surface area (Å²) in [6, 6.07) is 5.80. The zero-order chi connectivity index (χ0) is 19.6. The second-order valence-electron chi connectivity index (χ2n) is 6.21. The predicted molar refractivity (Wildman–Crippen MR) is 100 cm³/mol. The fourth-order valence-electron chi connectivity index (χ4n) is 2.72. The molecule has 1 aromatic rings. The van der Waals surface area contributed by atoms with Gasteiger partial charge in [-0.05, 0) is 30.7 Å². The van der Waals surface area contributed by atoms with E-state index in [0.29, 0.717) is 37.6 Å². The standard InChI is InChI=1S/C20H26N2O5/c1-3-5-13-27-18(23)14-17-19(24)21-10-11-22(17)20(25)15-6-8-16(9-7-15)26-12-4-2/h4,6-9,17H,2-3,5,10-14H2,1H3,(H,21,24). The molecule has 1 fully saturated rings. The van der Waals surface area contributed by atoms with Crippen molar-refractivity contribution in [3.63, 3.8) is 0 Å². The summed E-state index contributed by atoms with van der Waals surface area (Å²) in [7, 11) is 0. The lowest BCUT2D eigenvalue weighted by atomic mass is 10.1. The number of rotatable bonds is 9. The molecule has 27 heavy (non-hydrogen) atoms. The monoisotopic (exact) mass is 374 g/mol. The van der Waals surface area contributed by atoms with Crippen LogP contribution in [0.1, 0.15) is 36.5 Å². The normalized spacial score (nSPS) is 16.4. The van der Waals surface area contributed by atoms with Gasteiger partial charge in [-0.25, -0.2) is 0 Å². The molecule has 7 nitrogen and oxygen atoms in total. The molecule has 0 radical (unpaired) electrons. The Labute approximate surface area is 159 Å². The molecule has 0 aliphatic carbocycles. The van der Waals surface area contributed by atoms with Crippen LogP contribution in [-0.4, -0.2) is 55.0 Å². The number of hydrogen-bond donors (Lipinski definition) is 1. The molecule has 0 aromatic heterocycles. The molecule has 1 aliphatic rings. The number of unbranched alkanes of at least 4 members (excludes halogenated alkanes) is 1. The number of esters is 1. The van der Waals surface area contributed by atoms with E-state index < -0.39 is 12.0 Å². The Bertz CT molecular complexity index is 671. The summed E-state index contributed by atoms with van der Waals surface area (Å²) in [4.78, 5) is 38.5. The van der Waals surface area contributed by atoms with Gasteiger partial charge in [0.2, 0.25) is 5.91 Å². The number of nitrogens with one attached hydrogen (secondary N) is 1. The van der Waals surface area contributed by atoms with Crippen LogP contribution in [0.5, 0.6) is 5.75 Å². The highest BCUT2D eigenvalue weighted by Gasteiger charge is 2.35. The Morgan fingerprint density at radius 1 is 1.33 bits per heavy atom. The van der Waals surface area contributed by atoms with Gasteiger partial charge in [0.05, 0.1) is 13.0 Å².